The van der Waals surface area contributed by atoms with Gasteiger partial charge in [0.15, 0.2) is 0 Å². The Morgan fingerprint density at radius 3 is 1.67 bits per heavy atom. The second-order valence-electron chi connectivity index (χ2n) is 3.65. The van der Waals surface area contributed by atoms with Crippen molar-refractivity contribution in [3.63, 3.8) is 0 Å². The summed E-state index contributed by atoms with van der Waals surface area (Å²) in [5.74, 6) is 0. The van der Waals surface area contributed by atoms with Crippen molar-refractivity contribution in [3.8, 4) is 0 Å². The molecule has 0 fully saturated rings. The first-order chi connectivity index (χ1) is 8.58. The van der Waals surface area contributed by atoms with Crippen LogP contribution in [-0.2, 0) is 0 Å². The van der Waals surface area contributed by atoms with Crippen LogP contribution >= 0.6 is 50.7 Å². The normalized spacial score (nSPS) is 10.2. The van der Waals surface area contributed by atoms with E-state index >= 15 is 0 Å². The summed E-state index contributed by atoms with van der Waals surface area (Å²) in [7, 11) is 0. The highest BCUT2D eigenvalue weighted by Crippen LogP contribution is 2.32. The van der Waals surface area contributed by atoms with E-state index in [9.17, 15) is 0 Å². The van der Waals surface area contributed by atoms with E-state index in [4.69, 9.17) is 34.8 Å². The van der Waals surface area contributed by atoms with E-state index in [1.54, 1.807) is 0 Å². The average molecular weight is 362 g/mol. The topological polar surface area (TPSA) is 0 Å². The van der Waals surface area contributed by atoms with E-state index in [1.165, 1.54) is 0 Å². The predicted octanol–water partition coefficient (Wildman–Crippen LogP) is 6.30. The number of hydrogen-bond acceptors (Lipinski definition) is 0. The molecule has 0 saturated heterocycles. The van der Waals surface area contributed by atoms with E-state index in [0.29, 0.717) is 5.02 Å². The van der Waals surface area contributed by atoms with Crippen LogP contribution in [0.4, 0.5) is 0 Å². The lowest BCUT2D eigenvalue weighted by atomic mass is 10.00. The fraction of sp³-hybridized carbons (Fsp3) is 0. The summed E-state index contributed by atoms with van der Waals surface area (Å²) >= 11 is 21.3. The fourth-order valence-electron chi connectivity index (χ4n) is 1.62. The summed E-state index contributed by atoms with van der Waals surface area (Å²) in [6, 6.07) is 15.2. The molecule has 0 aliphatic heterocycles. The molecule has 4 heteroatoms. The van der Waals surface area contributed by atoms with Gasteiger partial charge in [-0.05, 0) is 35.4 Å². The molecular weight excluding hydrogens is 354 g/mol. The van der Waals surface area contributed by atoms with Crippen LogP contribution in [0.5, 0.6) is 0 Å². The van der Waals surface area contributed by atoms with Gasteiger partial charge in [0, 0.05) is 15.1 Å². The van der Waals surface area contributed by atoms with Gasteiger partial charge in [-0.3, -0.25) is 0 Å². The van der Waals surface area contributed by atoms with Crippen molar-refractivity contribution in [2.24, 2.45) is 0 Å². The lowest BCUT2D eigenvalue weighted by molar-refractivity contribution is 1.53. The highest BCUT2D eigenvalue weighted by atomic mass is 79.9. The zero-order valence-electron chi connectivity index (χ0n) is 9.13. The van der Waals surface area contributed by atoms with Crippen LogP contribution in [0.2, 0.25) is 5.02 Å². The van der Waals surface area contributed by atoms with E-state index in [1.807, 2.05) is 48.5 Å². The van der Waals surface area contributed by atoms with Crippen molar-refractivity contribution >= 4 is 56.3 Å². The third-order valence-corrected chi connectivity index (χ3v) is 3.61. The molecule has 0 spiro atoms. The molecule has 0 amide bonds. The van der Waals surface area contributed by atoms with Gasteiger partial charge in [-0.2, -0.15) is 0 Å². The van der Waals surface area contributed by atoms with E-state index < -0.39 is 0 Å². The third kappa shape index (κ3) is 3.30. The molecule has 0 aliphatic carbocycles. The molecule has 0 nitrogen and oxygen atoms in total. The van der Waals surface area contributed by atoms with Crippen LogP contribution < -0.4 is 0 Å². The van der Waals surface area contributed by atoms with Gasteiger partial charge in [-0.1, -0.05) is 75.0 Å². The molecule has 2 rings (SSSR count). The van der Waals surface area contributed by atoms with Crippen LogP contribution in [0, 0.1) is 0 Å². The lowest BCUT2D eigenvalue weighted by Gasteiger charge is -2.09. The predicted molar refractivity (Wildman–Crippen MR) is 83.3 cm³/mol. The Bertz CT molecular complexity index is 519. The van der Waals surface area contributed by atoms with Gasteiger partial charge in [0.25, 0.3) is 0 Å². The van der Waals surface area contributed by atoms with Gasteiger partial charge in [-0.25, -0.2) is 0 Å². The van der Waals surface area contributed by atoms with Gasteiger partial charge in [-0.15, -0.1) is 0 Å². The Hall–Kier alpha value is -0.470. The first-order valence-electron chi connectivity index (χ1n) is 5.15. The second-order valence-corrected chi connectivity index (χ2v) is 5.95. The number of halogens is 4. The van der Waals surface area contributed by atoms with Gasteiger partial charge < -0.3 is 0 Å². The maximum Gasteiger partial charge on any atom is 0.115 e. The Labute approximate surface area is 129 Å². The quantitative estimate of drug-likeness (QED) is 0.588. The minimum Gasteiger partial charge on any atom is -0.0843 e. The summed E-state index contributed by atoms with van der Waals surface area (Å²) in [5, 5.41) is 0.680. The van der Waals surface area contributed by atoms with Gasteiger partial charge in [0.2, 0.25) is 0 Å². The summed E-state index contributed by atoms with van der Waals surface area (Å²) in [4.78, 5) is 0. The fourth-order valence-corrected chi connectivity index (χ4v) is 2.44. The molecule has 0 heterocycles. The van der Waals surface area contributed by atoms with Crippen LogP contribution in [0.3, 0.4) is 0 Å². The van der Waals surface area contributed by atoms with Crippen molar-refractivity contribution in [1.82, 2.24) is 0 Å². The molecule has 0 aliphatic rings. The van der Waals surface area contributed by atoms with E-state index in [2.05, 4.69) is 15.9 Å². The largest absolute Gasteiger partial charge is 0.115 e. The first kappa shape index (κ1) is 14.0. The SMILES string of the molecule is ClC(Cl)=C(c1ccc(Cl)cc1)c1ccc(Br)cc1. The molecule has 0 aromatic heterocycles. The molecule has 0 saturated carbocycles. The van der Waals surface area contributed by atoms with Gasteiger partial charge in [0.05, 0.1) is 0 Å². The molecule has 2 aromatic rings. The Morgan fingerprint density at radius 2 is 1.22 bits per heavy atom. The Morgan fingerprint density at radius 1 is 0.778 bits per heavy atom. The lowest BCUT2D eigenvalue weighted by Crippen LogP contribution is -1.88. The minimum atomic E-state index is 0.236. The van der Waals surface area contributed by atoms with Crippen molar-refractivity contribution < 1.29 is 0 Å². The Kier molecular flexibility index (Phi) is 4.74. The number of hydrogen-bond donors (Lipinski definition) is 0. The molecule has 0 bridgehead atoms. The van der Waals surface area contributed by atoms with Crippen molar-refractivity contribution in [1.29, 1.82) is 0 Å². The zero-order chi connectivity index (χ0) is 13.1. The minimum absolute atomic E-state index is 0.236. The number of benzene rings is 2. The Balaban J connectivity index is 2.51. The monoisotopic (exact) mass is 360 g/mol. The van der Waals surface area contributed by atoms with Crippen molar-refractivity contribution in [2.45, 2.75) is 0 Å². The molecule has 0 atom stereocenters. The summed E-state index contributed by atoms with van der Waals surface area (Å²) in [6.07, 6.45) is 0. The highest BCUT2D eigenvalue weighted by Gasteiger charge is 2.09. The summed E-state index contributed by atoms with van der Waals surface area (Å²) in [6.45, 7) is 0. The maximum atomic E-state index is 5.99. The van der Waals surface area contributed by atoms with Crippen LogP contribution in [0.25, 0.3) is 5.57 Å². The molecular formula is C14H8BrCl3. The molecule has 18 heavy (non-hydrogen) atoms. The summed E-state index contributed by atoms with van der Waals surface area (Å²) in [5.41, 5.74) is 2.68. The summed E-state index contributed by atoms with van der Waals surface area (Å²) < 4.78 is 1.24. The molecule has 0 radical (unpaired) electrons. The molecule has 2 aromatic carbocycles. The van der Waals surface area contributed by atoms with Gasteiger partial charge in [0.1, 0.15) is 4.49 Å². The highest BCUT2D eigenvalue weighted by molar-refractivity contribution is 9.10. The second kappa shape index (κ2) is 6.12. The van der Waals surface area contributed by atoms with Crippen LogP contribution in [0.15, 0.2) is 57.5 Å². The van der Waals surface area contributed by atoms with E-state index in [-0.39, 0.29) is 4.49 Å². The van der Waals surface area contributed by atoms with Crippen molar-refractivity contribution in [2.75, 3.05) is 0 Å². The van der Waals surface area contributed by atoms with Crippen LogP contribution in [0.1, 0.15) is 11.1 Å². The maximum absolute atomic E-state index is 5.99. The smallest absolute Gasteiger partial charge is 0.0843 e. The van der Waals surface area contributed by atoms with E-state index in [0.717, 1.165) is 21.2 Å². The molecule has 0 N–H and O–H groups in total. The standard InChI is InChI=1S/C14H8BrCl3/c15-11-5-1-9(2-6-11)13(14(17)18)10-3-7-12(16)8-4-10/h1-8H. The zero-order valence-corrected chi connectivity index (χ0v) is 13.0. The average Bonchev–Trinajstić information content (AvgIpc) is 2.34. The molecule has 92 valence electrons. The first-order valence-corrected chi connectivity index (χ1v) is 7.08. The molecule has 0 unspecified atom stereocenters. The van der Waals surface area contributed by atoms with Crippen molar-refractivity contribution in [3.05, 3.63) is 73.6 Å². The third-order valence-electron chi connectivity index (χ3n) is 2.45. The van der Waals surface area contributed by atoms with Crippen LogP contribution in [-0.4, -0.2) is 0 Å². The van der Waals surface area contributed by atoms with Gasteiger partial charge >= 0.3 is 0 Å². The number of rotatable bonds is 2.